The first-order valence-electron chi connectivity index (χ1n) is 14.9. The van der Waals surface area contributed by atoms with Gasteiger partial charge in [0.05, 0.1) is 0 Å². The van der Waals surface area contributed by atoms with Crippen molar-refractivity contribution in [2.75, 3.05) is 0 Å². The number of hydrogen-bond acceptors (Lipinski definition) is 0. The summed E-state index contributed by atoms with van der Waals surface area (Å²) < 4.78 is 0. The van der Waals surface area contributed by atoms with E-state index in [-0.39, 0.29) is 25.0 Å². The van der Waals surface area contributed by atoms with Crippen molar-refractivity contribution in [2.24, 2.45) is 0 Å². The van der Waals surface area contributed by atoms with Crippen LogP contribution in [0.15, 0.2) is 109 Å². The molecule has 0 nitrogen and oxygen atoms in total. The average molecular weight is 595 g/mol. The standard InChI is InChI=1S/C31H39P2.C5H5.Fe/c1-25(32(26-15-6-2-7-16-26)27-17-8-3-9-18-27)30-23-14-24-31(30)33(28-19-10-4-11-20-28)29-21-12-5-13-22-29;1-2-4-5-3-1;/h2-3,6-9,14-18,23-25,28-29H,4-5,10-13,19-22H2,1H3;1-5H;/q-1;-5;/t25-;;/m0../s1. The van der Waals surface area contributed by atoms with Crippen LogP contribution in [0.5, 0.6) is 0 Å². The summed E-state index contributed by atoms with van der Waals surface area (Å²) in [6, 6.07) is 40.1. The van der Waals surface area contributed by atoms with Crippen LogP contribution in [0.3, 0.4) is 0 Å². The molecule has 0 heterocycles. The third kappa shape index (κ3) is 8.05. The van der Waals surface area contributed by atoms with Gasteiger partial charge in [0.2, 0.25) is 0 Å². The zero-order valence-electron chi connectivity index (χ0n) is 23.4. The number of benzene rings is 2. The van der Waals surface area contributed by atoms with E-state index in [4.69, 9.17) is 0 Å². The molecule has 0 spiro atoms. The van der Waals surface area contributed by atoms with Crippen molar-refractivity contribution in [3.8, 4) is 0 Å². The van der Waals surface area contributed by atoms with E-state index >= 15 is 0 Å². The SMILES string of the molecule is C[C@@H]([c-]1cccc1P(C1CCCCC1)C1CCCCC1)P(c1ccccc1)c1ccccc1.[Fe].[cH-]1[cH-][cH-][cH-][cH-]1. The van der Waals surface area contributed by atoms with Crippen molar-refractivity contribution in [3.63, 3.8) is 0 Å². The second kappa shape index (κ2) is 16.1. The van der Waals surface area contributed by atoms with Crippen molar-refractivity contribution in [1.29, 1.82) is 0 Å². The Morgan fingerprint density at radius 2 is 1.05 bits per heavy atom. The molecule has 4 aromatic rings. The van der Waals surface area contributed by atoms with Crippen LogP contribution in [-0.4, -0.2) is 11.3 Å². The first kappa shape index (κ1) is 30.5. The molecule has 4 aromatic carbocycles. The van der Waals surface area contributed by atoms with Gasteiger partial charge in [0, 0.05) is 17.1 Å². The average Bonchev–Trinajstić information content (AvgIpc) is 3.72. The van der Waals surface area contributed by atoms with Crippen LogP contribution in [0.2, 0.25) is 0 Å². The summed E-state index contributed by atoms with van der Waals surface area (Å²) in [6.07, 6.45) is 14.7. The van der Waals surface area contributed by atoms with Crippen molar-refractivity contribution in [1.82, 2.24) is 0 Å². The van der Waals surface area contributed by atoms with Crippen LogP contribution in [0.25, 0.3) is 0 Å². The van der Waals surface area contributed by atoms with Crippen molar-refractivity contribution in [3.05, 3.63) is 115 Å². The molecule has 0 aliphatic heterocycles. The van der Waals surface area contributed by atoms with Gasteiger partial charge < -0.3 is 30.3 Å². The Hall–Kier alpha value is -1.48. The number of rotatable bonds is 7. The van der Waals surface area contributed by atoms with Crippen molar-refractivity contribution < 1.29 is 17.1 Å². The van der Waals surface area contributed by atoms with Gasteiger partial charge in [-0.3, -0.25) is 0 Å². The molecule has 2 aliphatic carbocycles. The van der Waals surface area contributed by atoms with Gasteiger partial charge in [0.15, 0.2) is 0 Å². The van der Waals surface area contributed by atoms with Crippen LogP contribution in [0.4, 0.5) is 0 Å². The fraction of sp³-hybridized carbons (Fsp3) is 0.389. The maximum absolute atomic E-state index is 2.56. The third-order valence-electron chi connectivity index (χ3n) is 8.50. The van der Waals surface area contributed by atoms with Gasteiger partial charge >= 0.3 is 0 Å². The van der Waals surface area contributed by atoms with E-state index in [9.17, 15) is 0 Å². The van der Waals surface area contributed by atoms with Gasteiger partial charge in [-0.1, -0.05) is 114 Å². The molecule has 212 valence electrons. The molecule has 6 rings (SSSR count). The first-order valence-corrected chi connectivity index (χ1v) is 17.8. The molecule has 3 heteroatoms. The molecule has 0 unspecified atom stereocenters. The minimum Gasteiger partial charge on any atom is -0.748 e. The van der Waals surface area contributed by atoms with E-state index in [2.05, 4.69) is 85.8 Å². The first-order chi connectivity index (χ1) is 18.8. The Morgan fingerprint density at radius 1 is 0.615 bits per heavy atom. The van der Waals surface area contributed by atoms with Gasteiger partial charge in [-0.2, -0.15) is 6.07 Å². The smallest absolute Gasteiger partial charge is 0 e. The summed E-state index contributed by atoms with van der Waals surface area (Å²) in [7, 11) is -0.489. The summed E-state index contributed by atoms with van der Waals surface area (Å²) in [5.41, 5.74) is 4.15. The summed E-state index contributed by atoms with van der Waals surface area (Å²) in [6.45, 7) is 2.53. The Balaban J connectivity index is 0.000000530. The fourth-order valence-electron chi connectivity index (χ4n) is 6.66. The fourth-order valence-corrected chi connectivity index (χ4v) is 13.5. The normalized spacial score (nSPS) is 17.3. The Labute approximate surface area is 250 Å². The topological polar surface area (TPSA) is 0 Å². The molecule has 39 heavy (non-hydrogen) atoms. The molecule has 2 aliphatic rings. The molecule has 0 N–H and O–H groups in total. The molecule has 0 radical (unpaired) electrons. The Kier molecular flexibility index (Phi) is 12.6. The molecular formula is C36H44FeP2-6. The summed E-state index contributed by atoms with van der Waals surface area (Å²) in [5, 5.41) is 4.81. The molecule has 0 saturated heterocycles. The predicted molar refractivity (Wildman–Crippen MR) is 172 cm³/mol. The monoisotopic (exact) mass is 594 g/mol. The van der Waals surface area contributed by atoms with Gasteiger partial charge in [-0.15, -0.1) is 10.9 Å². The molecule has 0 aromatic heterocycles. The van der Waals surface area contributed by atoms with Gasteiger partial charge in [-0.05, 0) is 61.2 Å². The zero-order valence-corrected chi connectivity index (χ0v) is 26.3. The van der Waals surface area contributed by atoms with E-state index < -0.39 is 7.92 Å². The predicted octanol–water partition coefficient (Wildman–Crippen LogP) is 9.77. The van der Waals surface area contributed by atoms with Crippen LogP contribution in [0.1, 0.15) is 82.4 Å². The van der Waals surface area contributed by atoms with Crippen molar-refractivity contribution in [2.45, 2.75) is 88.1 Å². The molecule has 0 bridgehead atoms. The summed E-state index contributed by atoms with van der Waals surface area (Å²) >= 11 is 0. The molecule has 2 fully saturated rings. The van der Waals surface area contributed by atoms with Crippen molar-refractivity contribution >= 4 is 31.8 Å². The quantitative estimate of drug-likeness (QED) is 0.114. The van der Waals surface area contributed by atoms with E-state index in [0.29, 0.717) is 5.66 Å². The molecule has 2 saturated carbocycles. The molecule has 0 amide bonds. The minimum atomic E-state index is -0.428. The maximum Gasteiger partial charge on any atom is 0 e. The van der Waals surface area contributed by atoms with E-state index in [1.165, 1.54) is 74.8 Å². The summed E-state index contributed by atoms with van der Waals surface area (Å²) in [4.78, 5) is 0. The van der Waals surface area contributed by atoms with Crippen LogP contribution in [-0.2, 0) is 17.1 Å². The molecular weight excluding hydrogens is 550 g/mol. The van der Waals surface area contributed by atoms with Crippen LogP contribution in [0, 0.1) is 0 Å². The second-order valence-corrected chi connectivity index (χ2v) is 16.3. The Morgan fingerprint density at radius 3 is 1.49 bits per heavy atom. The van der Waals surface area contributed by atoms with Gasteiger partial charge in [0.25, 0.3) is 0 Å². The third-order valence-corrected chi connectivity index (χ3v) is 14.8. The van der Waals surface area contributed by atoms with E-state index in [1.54, 1.807) is 10.9 Å². The van der Waals surface area contributed by atoms with E-state index in [0.717, 1.165) is 11.3 Å². The largest absolute Gasteiger partial charge is 0.748 e. The van der Waals surface area contributed by atoms with Crippen LogP contribution < -0.4 is 15.9 Å². The van der Waals surface area contributed by atoms with E-state index in [1.807, 2.05) is 30.3 Å². The number of hydrogen-bond donors (Lipinski definition) is 0. The second-order valence-electron chi connectivity index (χ2n) is 11.0. The minimum absolute atomic E-state index is 0. The van der Waals surface area contributed by atoms with Gasteiger partial charge in [-0.25, -0.2) is 12.1 Å². The maximum atomic E-state index is 2.56. The van der Waals surface area contributed by atoms with Gasteiger partial charge in [0.1, 0.15) is 0 Å². The zero-order chi connectivity index (χ0) is 26.0. The molecule has 1 atom stereocenters. The summed E-state index contributed by atoms with van der Waals surface area (Å²) in [5.74, 6) is 0. The van der Waals surface area contributed by atoms with Crippen LogP contribution >= 0.6 is 15.8 Å². The Bertz CT molecular complexity index is 1080.